The minimum atomic E-state index is 0.267. The highest BCUT2D eigenvalue weighted by Gasteiger charge is 1.99. The summed E-state index contributed by atoms with van der Waals surface area (Å²) in [6.45, 7) is 0.267. The van der Waals surface area contributed by atoms with Gasteiger partial charge in [-0.3, -0.25) is 10.2 Å². The molecule has 1 aromatic carbocycles. The molecule has 2 N–H and O–H groups in total. The number of thiocarbonyl (C=S) groups is 1. The summed E-state index contributed by atoms with van der Waals surface area (Å²) in [5.41, 5.74) is 5.78. The Morgan fingerprint density at radius 1 is 1.44 bits per heavy atom. The lowest BCUT2D eigenvalue weighted by atomic mass is 10.1. The molecule has 0 aliphatic rings. The minimum absolute atomic E-state index is 0.267. The molecule has 86 valence electrons. The van der Waals surface area contributed by atoms with E-state index in [2.05, 4.69) is 15.9 Å². The van der Waals surface area contributed by atoms with Crippen molar-refractivity contribution in [1.82, 2.24) is 11.0 Å². The number of carbonyl (C=O) groups is 1. The van der Waals surface area contributed by atoms with Crippen LogP contribution in [0.2, 0.25) is 0 Å². The Balaban J connectivity index is 2.40. The molecule has 0 atom stereocenters. The number of rotatable bonds is 6. The van der Waals surface area contributed by atoms with E-state index in [1.54, 1.807) is 7.11 Å². The number of carbonyl (C=O) groups excluding carboxylic acids is 1. The van der Waals surface area contributed by atoms with Crippen LogP contribution in [-0.4, -0.2) is 18.6 Å². The van der Waals surface area contributed by atoms with Gasteiger partial charge in [0.1, 0.15) is 5.75 Å². The van der Waals surface area contributed by atoms with Crippen LogP contribution >= 0.6 is 12.2 Å². The number of ether oxygens (including phenoxy) is 1. The van der Waals surface area contributed by atoms with Gasteiger partial charge < -0.3 is 9.57 Å². The fourth-order valence-electron chi connectivity index (χ4n) is 1.08. The van der Waals surface area contributed by atoms with E-state index in [0.717, 1.165) is 11.3 Å². The summed E-state index contributed by atoms with van der Waals surface area (Å²) < 4.78 is 5.03. The zero-order valence-electron chi connectivity index (χ0n) is 8.73. The number of nitrogens with one attached hydrogen (secondary N) is 2. The van der Waals surface area contributed by atoms with E-state index in [9.17, 15) is 4.79 Å². The molecule has 0 amide bonds. The van der Waals surface area contributed by atoms with Gasteiger partial charge in [-0.15, -0.1) is 0 Å². The molecular formula is C10H12N2O3S. The third-order valence-electron chi connectivity index (χ3n) is 1.82. The van der Waals surface area contributed by atoms with E-state index in [1.165, 1.54) is 0 Å². The van der Waals surface area contributed by atoms with Crippen LogP contribution in [-0.2, 0) is 16.1 Å². The van der Waals surface area contributed by atoms with Crippen LogP contribution in [0.5, 0.6) is 5.75 Å². The van der Waals surface area contributed by atoms with Gasteiger partial charge in [0.25, 0.3) is 0 Å². The average molecular weight is 240 g/mol. The predicted octanol–water partition coefficient (Wildman–Crippen LogP) is 0.747. The largest absolute Gasteiger partial charge is 0.497 e. The van der Waals surface area contributed by atoms with Crippen LogP contribution in [0.1, 0.15) is 5.56 Å². The van der Waals surface area contributed by atoms with Crippen LogP contribution < -0.4 is 15.8 Å². The van der Waals surface area contributed by atoms with Crippen molar-refractivity contribution >= 4 is 23.7 Å². The predicted molar refractivity (Wildman–Crippen MR) is 62.7 cm³/mol. The Morgan fingerprint density at radius 3 is 2.69 bits per heavy atom. The molecule has 1 rings (SSSR count). The molecule has 0 aromatic heterocycles. The summed E-state index contributed by atoms with van der Waals surface area (Å²) in [5.74, 6) is 0.796. The molecule has 0 spiro atoms. The maximum absolute atomic E-state index is 9.83. The Hall–Kier alpha value is -1.66. The van der Waals surface area contributed by atoms with Gasteiger partial charge in [0, 0.05) is 6.42 Å². The van der Waals surface area contributed by atoms with Gasteiger partial charge >= 0.3 is 6.47 Å². The molecule has 0 fully saturated rings. The molecule has 5 nitrogen and oxygen atoms in total. The zero-order chi connectivity index (χ0) is 11.8. The highest BCUT2D eigenvalue weighted by atomic mass is 32.1. The molecule has 0 saturated heterocycles. The van der Waals surface area contributed by atoms with Crippen LogP contribution in [0.25, 0.3) is 0 Å². The van der Waals surface area contributed by atoms with Crippen molar-refractivity contribution in [2.24, 2.45) is 0 Å². The lowest BCUT2D eigenvalue weighted by Crippen LogP contribution is -2.36. The van der Waals surface area contributed by atoms with Crippen LogP contribution in [0.15, 0.2) is 24.3 Å². The number of methoxy groups -OCH3 is 1. The van der Waals surface area contributed by atoms with Gasteiger partial charge in [-0.2, -0.15) is 0 Å². The maximum atomic E-state index is 9.83. The summed E-state index contributed by atoms with van der Waals surface area (Å²) in [5, 5.41) is 0. The monoisotopic (exact) mass is 240 g/mol. The minimum Gasteiger partial charge on any atom is -0.497 e. The highest BCUT2D eigenvalue weighted by molar-refractivity contribution is 7.80. The van der Waals surface area contributed by atoms with E-state index in [0.29, 0.717) is 11.4 Å². The van der Waals surface area contributed by atoms with E-state index >= 15 is 0 Å². The van der Waals surface area contributed by atoms with E-state index in [4.69, 9.17) is 17.0 Å². The molecule has 0 bridgehead atoms. The smallest absolute Gasteiger partial charge is 0.315 e. The second-order valence-electron chi connectivity index (χ2n) is 2.89. The summed E-state index contributed by atoms with van der Waals surface area (Å²) in [4.78, 5) is 14.6. The van der Waals surface area contributed by atoms with Gasteiger partial charge in [0.15, 0.2) is 0 Å². The van der Waals surface area contributed by atoms with Gasteiger partial charge in [0.2, 0.25) is 0 Å². The normalized spacial score (nSPS) is 9.31. The number of hydrazine groups is 1. The van der Waals surface area contributed by atoms with Crippen molar-refractivity contribution in [2.75, 3.05) is 7.11 Å². The molecule has 0 radical (unpaired) electrons. The number of benzene rings is 1. The first-order valence-corrected chi connectivity index (χ1v) is 4.93. The van der Waals surface area contributed by atoms with Crippen molar-refractivity contribution in [2.45, 2.75) is 6.42 Å². The topological polar surface area (TPSA) is 59.6 Å². The Bertz CT molecular complexity index is 354. The molecule has 1 aromatic rings. The molecule has 0 aliphatic heterocycles. The SMILES string of the molecule is COc1ccc(CC(=S)NNOC=O)cc1. The summed E-state index contributed by atoms with van der Waals surface area (Å²) >= 11 is 5.01. The zero-order valence-corrected chi connectivity index (χ0v) is 9.54. The van der Waals surface area contributed by atoms with E-state index in [1.807, 2.05) is 24.3 Å². The van der Waals surface area contributed by atoms with Crippen molar-refractivity contribution in [3.05, 3.63) is 29.8 Å². The summed E-state index contributed by atoms with van der Waals surface area (Å²) in [7, 11) is 1.61. The van der Waals surface area contributed by atoms with Crippen molar-refractivity contribution < 1.29 is 14.4 Å². The number of hydrogen-bond donors (Lipinski definition) is 2. The molecule has 0 saturated carbocycles. The third-order valence-corrected chi connectivity index (χ3v) is 2.07. The highest BCUT2D eigenvalue weighted by Crippen LogP contribution is 2.11. The first-order valence-electron chi connectivity index (χ1n) is 4.52. The molecular weight excluding hydrogens is 228 g/mol. The van der Waals surface area contributed by atoms with Crippen LogP contribution in [0.3, 0.4) is 0 Å². The van der Waals surface area contributed by atoms with E-state index in [-0.39, 0.29) is 6.47 Å². The Morgan fingerprint density at radius 2 is 2.12 bits per heavy atom. The lowest BCUT2D eigenvalue weighted by molar-refractivity contribution is -0.136. The molecule has 6 heteroatoms. The van der Waals surface area contributed by atoms with Crippen LogP contribution in [0, 0.1) is 0 Å². The van der Waals surface area contributed by atoms with Crippen molar-refractivity contribution in [3.63, 3.8) is 0 Å². The first-order chi connectivity index (χ1) is 7.76. The van der Waals surface area contributed by atoms with Crippen LogP contribution in [0.4, 0.5) is 0 Å². The molecule has 0 heterocycles. The first kappa shape index (κ1) is 12.4. The second-order valence-corrected chi connectivity index (χ2v) is 3.38. The molecule has 16 heavy (non-hydrogen) atoms. The second kappa shape index (κ2) is 6.76. The molecule has 0 aliphatic carbocycles. The van der Waals surface area contributed by atoms with Crippen molar-refractivity contribution in [3.8, 4) is 5.75 Å². The van der Waals surface area contributed by atoms with Crippen molar-refractivity contribution in [1.29, 1.82) is 0 Å². The quantitative estimate of drug-likeness (QED) is 0.331. The van der Waals surface area contributed by atoms with Gasteiger partial charge in [-0.05, 0) is 17.7 Å². The van der Waals surface area contributed by atoms with Gasteiger partial charge in [-0.25, -0.2) is 0 Å². The average Bonchev–Trinajstić information content (AvgIpc) is 2.30. The number of hydrogen-bond acceptors (Lipinski definition) is 5. The fraction of sp³-hybridized carbons (Fsp3) is 0.200. The van der Waals surface area contributed by atoms with Gasteiger partial charge in [-0.1, -0.05) is 29.9 Å². The maximum Gasteiger partial charge on any atom is 0.315 e. The van der Waals surface area contributed by atoms with Gasteiger partial charge in [0.05, 0.1) is 12.1 Å². The fourth-order valence-corrected chi connectivity index (χ4v) is 1.29. The summed E-state index contributed by atoms with van der Waals surface area (Å²) in [6, 6.07) is 7.53. The Kier molecular flexibility index (Phi) is 5.24. The lowest BCUT2D eigenvalue weighted by Gasteiger charge is -2.07. The summed E-state index contributed by atoms with van der Waals surface area (Å²) in [6.07, 6.45) is 0.550. The molecule has 0 unspecified atom stereocenters. The Labute approximate surface area is 98.7 Å². The standard InChI is InChI=1S/C10H12N2O3S/c1-14-9-4-2-8(3-5-9)6-10(16)11-12-15-7-13/h2-5,7,12H,6H2,1H3,(H,11,16). The third kappa shape index (κ3) is 4.24. The van der Waals surface area contributed by atoms with E-state index < -0.39 is 0 Å².